The smallest absolute Gasteiger partial charge is 0.142 e. The number of hydrogen-bond donors (Lipinski definition) is 1. The molecule has 0 aromatic heterocycles. The predicted molar refractivity (Wildman–Crippen MR) is 65.4 cm³/mol. The van der Waals surface area contributed by atoms with Gasteiger partial charge in [-0.05, 0) is 30.4 Å². The second-order valence-corrected chi connectivity index (χ2v) is 5.01. The second-order valence-electron chi connectivity index (χ2n) is 4.63. The van der Waals surface area contributed by atoms with Crippen molar-refractivity contribution in [1.29, 1.82) is 0 Å². The molecule has 4 heteroatoms. The normalized spacial score (nSPS) is 16.9. The fourth-order valence-corrected chi connectivity index (χ4v) is 2.12. The van der Waals surface area contributed by atoms with Crippen LogP contribution in [0.5, 0.6) is 0 Å². The van der Waals surface area contributed by atoms with E-state index in [-0.39, 0.29) is 23.3 Å². The molecular formula is C13H15ClFNO. The number of nitrogens with two attached hydrogens (primary N) is 1. The molecule has 0 heterocycles. The number of hydrogen-bond acceptors (Lipinski definition) is 2. The van der Waals surface area contributed by atoms with Crippen LogP contribution in [0.25, 0.3) is 0 Å². The molecule has 1 unspecified atom stereocenters. The van der Waals surface area contributed by atoms with Crippen LogP contribution in [0.3, 0.4) is 0 Å². The minimum absolute atomic E-state index is 0.0249. The summed E-state index contributed by atoms with van der Waals surface area (Å²) in [6.07, 6.45) is 2.76. The van der Waals surface area contributed by atoms with E-state index in [4.69, 9.17) is 17.3 Å². The van der Waals surface area contributed by atoms with Gasteiger partial charge in [0.05, 0.1) is 5.02 Å². The monoisotopic (exact) mass is 255 g/mol. The molecule has 2 nitrogen and oxygen atoms in total. The van der Waals surface area contributed by atoms with Gasteiger partial charge in [0.25, 0.3) is 0 Å². The third-order valence-electron chi connectivity index (χ3n) is 3.11. The Morgan fingerprint density at radius 2 is 2.24 bits per heavy atom. The summed E-state index contributed by atoms with van der Waals surface area (Å²) >= 11 is 5.79. The van der Waals surface area contributed by atoms with Crippen LogP contribution in [0.1, 0.15) is 24.8 Å². The maximum absolute atomic E-state index is 13.2. The lowest BCUT2D eigenvalue weighted by Crippen LogP contribution is -2.26. The van der Waals surface area contributed by atoms with Crippen molar-refractivity contribution in [3.63, 3.8) is 0 Å². The molecule has 1 aromatic carbocycles. The molecule has 1 aliphatic rings. The highest BCUT2D eigenvalue weighted by Crippen LogP contribution is 2.33. The van der Waals surface area contributed by atoms with Crippen molar-refractivity contribution in [1.82, 2.24) is 0 Å². The fraction of sp³-hybridized carbons (Fsp3) is 0.462. The maximum atomic E-state index is 13.2. The van der Waals surface area contributed by atoms with Crippen LogP contribution >= 0.6 is 11.6 Å². The summed E-state index contributed by atoms with van der Waals surface area (Å²) in [6.45, 7) is 0. The number of benzene rings is 1. The van der Waals surface area contributed by atoms with Crippen LogP contribution in [-0.2, 0) is 11.2 Å². The second kappa shape index (κ2) is 5.15. The Kier molecular flexibility index (Phi) is 3.79. The highest BCUT2D eigenvalue weighted by atomic mass is 35.5. The van der Waals surface area contributed by atoms with Gasteiger partial charge in [0, 0.05) is 18.9 Å². The van der Waals surface area contributed by atoms with E-state index in [1.54, 1.807) is 12.1 Å². The van der Waals surface area contributed by atoms with E-state index in [1.807, 2.05) is 0 Å². The van der Waals surface area contributed by atoms with Gasteiger partial charge >= 0.3 is 0 Å². The lowest BCUT2D eigenvalue weighted by molar-refractivity contribution is -0.118. The first-order valence-electron chi connectivity index (χ1n) is 5.78. The first-order valence-corrected chi connectivity index (χ1v) is 6.16. The fourth-order valence-electron chi connectivity index (χ4n) is 1.92. The summed E-state index contributed by atoms with van der Waals surface area (Å²) in [4.78, 5) is 11.8. The van der Waals surface area contributed by atoms with Gasteiger partial charge in [-0.2, -0.15) is 0 Å². The zero-order chi connectivity index (χ0) is 12.4. The average molecular weight is 256 g/mol. The van der Waals surface area contributed by atoms with Gasteiger partial charge in [-0.15, -0.1) is 0 Å². The number of rotatable bonds is 5. The van der Waals surface area contributed by atoms with Crippen LogP contribution in [0.15, 0.2) is 18.2 Å². The zero-order valence-corrected chi connectivity index (χ0v) is 10.2. The zero-order valence-electron chi connectivity index (χ0n) is 9.46. The summed E-state index contributed by atoms with van der Waals surface area (Å²) in [5.41, 5.74) is 6.41. The van der Waals surface area contributed by atoms with Crippen molar-refractivity contribution in [2.75, 3.05) is 0 Å². The van der Waals surface area contributed by atoms with Gasteiger partial charge in [-0.25, -0.2) is 4.39 Å². The third kappa shape index (κ3) is 3.27. The molecule has 0 amide bonds. The van der Waals surface area contributed by atoms with E-state index < -0.39 is 5.82 Å². The molecule has 0 bridgehead atoms. The molecule has 0 radical (unpaired) electrons. The molecule has 92 valence electrons. The van der Waals surface area contributed by atoms with Gasteiger partial charge in [0.2, 0.25) is 0 Å². The number of Topliss-reactive ketones (excluding diaryl/α,β-unsaturated/α-hetero) is 1. The standard InChI is InChI=1S/C13H15ClFNO/c14-13-9(2-1-3-11(13)15)6-10(17)7-12(16)8-4-5-8/h1-3,8,12H,4-7,16H2. The van der Waals surface area contributed by atoms with Gasteiger partial charge in [0.15, 0.2) is 0 Å². The van der Waals surface area contributed by atoms with Crippen LogP contribution < -0.4 is 5.73 Å². The molecule has 1 atom stereocenters. The lowest BCUT2D eigenvalue weighted by atomic mass is 10.0. The predicted octanol–water partition coefficient (Wildman–Crippen LogP) is 2.72. The van der Waals surface area contributed by atoms with E-state index in [0.717, 1.165) is 12.8 Å². The van der Waals surface area contributed by atoms with Crippen molar-refractivity contribution in [3.8, 4) is 0 Å². The molecule has 1 aliphatic carbocycles. The van der Waals surface area contributed by atoms with Crippen molar-refractivity contribution < 1.29 is 9.18 Å². The molecule has 1 fully saturated rings. The van der Waals surface area contributed by atoms with E-state index in [1.165, 1.54) is 6.07 Å². The Hall–Kier alpha value is -0.930. The summed E-state index contributed by atoms with van der Waals surface area (Å²) in [5.74, 6) is 0.0438. The summed E-state index contributed by atoms with van der Waals surface area (Å²) < 4.78 is 13.2. The van der Waals surface area contributed by atoms with Gasteiger partial charge in [-0.3, -0.25) is 4.79 Å². The first-order chi connectivity index (χ1) is 8.08. The molecule has 0 saturated heterocycles. The molecular weight excluding hydrogens is 241 g/mol. The quantitative estimate of drug-likeness (QED) is 0.879. The summed E-state index contributed by atoms with van der Waals surface area (Å²) in [6, 6.07) is 4.47. The minimum atomic E-state index is -0.483. The molecule has 0 aliphatic heterocycles. The van der Waals surface area contributed by atoms with Gasteiger partial charge in [0.1, 0.15) is 11.6 Å². The van der Waals surface area contributed by atoms with Crippen LogP contribution in [0.4, 0.5) is 4.39 Å². The number of halogens is 2. The molecule has 1 aromatic rings. The number of carbonyl (C=O) groups is 1. The Balaban J connectivity index is 1.95. The third-order valence-corrected chi connectivity index (χ3v) is 3.53. The number of ketones is 1. The number of carbonyl (C=O) groups excluding carboxylic acids is 1. The van der Waals surface area contributed by atoms with Crippen LogP contribution in [-0.4, -0.2) is 11.8 Å². The lowest BCUT2D eigenvalue weighted by Gasteiger charge is -2.09. The Labute approximate surface area is 105 Å². The van der Waals surface area contributed by atoms with Crippen LogP contribution in [0, 0.1) is 11.7 Å². The molecule has 2 rings (SSSR count). The Morgan fingerprint density at radius 1 is 1.53 bits per heavy atom. The average Bonchev–Trinajstić information content (AvgIpc) is 3.08. The van der Waals surface area contributed by atoms with E-state index >= 15 is 0 Å². The van der Waals surface area contributed by atoms with Crippen molar-refractivity contribution >= 4 is 17.4 Å². The highest BCUT2D eigenvalue weighted by molar-refractivity contribution is 6.31. The van der Waals surface area contributed by atoms with Gasteiger partial charge in [-0.1, -0.05) is 23.7 Å². The van der Waals surface area contributed by atoms with Crippen molar-refractivity contribution in [2.24, 2.45) is 11.7 Å². The highest BCUT2D eigenvalue weighted by Gasteiger charge is 2.29. The summed E-state index contributed by atoms with van der Waals surface area (Å²) in [7, 11) is 0. The van der Waals surface area contributed by atoms with Crippen molar-refractivity contribution in [3.05, 3.63) is 34.6 Å². The Morgan fingerprint density at radius 3 is 2.88 bits per heavy atom. The van der Waals surface area contributed by atoms with Gasteiger partial charge < -0.3 is 5.73 Å². The molecule has 1 saturated carbocycles. The maximum Gasteiger partial charge on any atom is 0.142 e. The minimum Gasteiger partial charge on any atom is -0.327 e. The first kappa shape index (κ1) is 12.5. The van der Waals surface area contributed by atoms with E-state index in [0.29, 0.717) is 17.9 Å². The Bertz CT molecular complexity index is 431. The molecule has 2 N–H and O–H groups in total. The largest absolute Gasteiger partial charge is 0.327 e. The van der Waals surface area contributed by atoms with Crippen molar-refractivity contribution in [2.45, 2.75) is 31.7 Å². The summed E-state index contributed by atoms with van der Waals surface area (Å²) in [5, 5.41) is 0.0424. The van der Waals surface area contributed by atoms with E-state index in [2.05, 4.69) is 0 Å². The molecule has 17 heavy (non-hydrogen) atoms. The SMILES string of the molecule is NC(CC(=O)Cc1cccc(F)c1Cl)C1CC1. The van der Waals surface area contributed by atoms with Crippen LogP contribution in [0.2, 0.25) is 5.02 Å². The van der Waals surface area contributed by atoms with E-state index in [9.17, 15) is 9.18 Å². The topological polar surface area (TPSA) is 43.1 Å². The molecule has 0 spiro atoms.